The Labute approximate surface area is 185 Å². The molecule has 2 N–H and O–H groups in total. The molecule has 3 aromatic carbocycles. The molecule has 32 heavy (non-hydrogen) atoms. The fourth-order valence-electron chi connectivity index (χ4n) is 3.83. The zero-order chi connectivity index (χ0) is 22.8. The summed E-state index contributed by atoms with van der Waals surface area (Å²) in [6, 6.07) is 20.4. The van der Waals surface area contributed by atoms with E-state index in [-0.39, 0.29) is 11.5 Å². The SMILES string of the molecule is Cc1ccc(C(=O)O)cc1-n1c(C)cc(/C=N/NC(=O)c2ccc3ccccc3c2)c1C. The molecule has 0 aliphatic rings. The minimum Gasteiger partial charge on any atom is -0.478 e. The highest BCUT2D eigenvalue weighted by Gasteiger charge is 2.14. The van der Waals surface area contributed by atoms with Crippen LogP contribution in [-0.4, -0.2) is 27.8 Å². The number of amides is 1. The summed E-state index contributed by atoms with van der Waals surface area (Å²) in [7, 11) is 0. The molecule has 1 heterocycles. The van der Waals surface area contributed by atoms with Crippen LogP contribution in [0.2, 0.25) is 0 Å². The van der Waals surface area contributed by atoms with Gasteiger partial charge in [0.25, 0.3) is 5.91 Å². The van der Waals surface area contributed by atoms with Crippen molar-refractivity contribution in [3.63, 3.8) is 0 Å². The summed E-state index contributed by atoms with van der Waals surface area (Å²) in [5.41, 5.74) is 7.80. The normalized spacial score (nSPS) is 11.2. The van der Waals surface area contributed by atoms with Gasteiger partial charge in [-0.05, 0) is 67.4 Å². The van der Waals surface area contributed by atoms with E-state index in [0.717, 1.165) is 39.0 Å². The van der Waals surface area contributed by atoms with Gasteiger partial charge in [0.1, 0.15) is 0 Å². The van der Waals surface area contributed by atoms with Crippen molar-refractivity contribution in [2.75, 3.05) is 0 Å². The highest BCUT2D eigenvalue weighted by atomic mass is 16.4. The molecule has 4 rings (SSSR count). The van der Waals surface area contributed by atoms with Crippen molar-refractivity contribution >= 4 is 28.9 Å². The lowest BCUT2D eigenvalue weighted by atomic mass is 10.1. The number of hydrogen-bond acceptors (Lipinski definition) is 3. The van der Waals surface area contributed by atoms with Gasteiger partial charge in [0.05, 0.1) is 11.8 Å². The molecule has 1 amide bonds. The average molecular weight is 425 g/mol. The lowest BCUT2D eigenvalue weighted by molar-refractivity contribution is 0.0696. The second-order valence-electron chi connectivity index (χ2n) is 7.73. The zero-order valence-electron chi connectivity index (χ0n) is 18.1. The van der Waals surface area contributed by atoms with Crippen LogP contribution in [0.4, 0.5) is 0 Å². The molecule has 4 aromatic rings. The fraction of sp³-hybridized carbons (Fsp3) is 0.115. The zero-order valence-corrected chi connectivity index (χ0v) is 18.1. The molecular formula is C26H23N3O3. The number of fused-ring (bicyclic) bond motifs is 1. The Bertz CT molecular complexity index is 1380. The van der Waals surface area contributed by atoms with Gasteiger partial charge in [0.15, 0.2) is 0 Å². The van der Waals surface area contributed by atoms with Gasteiger partial charge in [-0.25, -0.2) is 10.2 Å². The van der Waals surface area contributed by atoms with Gasteiger partial charge in [0.2, 0.25) is 0 Å². The Balaban J connectivity index is 1.57. The van der Waals surface area contributed by atoms with Gasteiger partial charge in [-0.1, -0.05) is 36.4 Å². The van der Waals surface area contributed by atoms with Crippen molar-refractivity contribution in [1.29, 1.82) is 0 Å². The van der Waals surface area contributed by atoms with E-state index < -0.39 is 5.97 Å². The van der Waals surface area contributed by atoms with Gasteiger partial charge in [-0.3, -0.25) is 4.79 Å². The smallest absolute Gasteiger partial charge is 0.335 e. The summed E-state index contributed by atoms with van der Waals surface area (Å²) < 4.78 is 1.99. The van der Waals surface area contributed by atoms with Crippen LogP contribution in [-0.2, 0) is 0 Å². The standard InChI is InChI=1S/C26H23N3O3/c1-16-8-9-22(26(31)32)14-24(16)29-17(2)12-23(18(29)3)15-27-28-25(30)21-11-10-19-6-4-5-7-20(19)13-21/h4-15H,1-3H3,(H,28,30)(H,31,32)/b27-15+. The van der Waals surface area contributed by atoms with Crippen LogP contribution >= 0.6 is 0 Å². The molecular weight excluding hydrogens is 402 g/mol. The first kappa shape index (κ1) is 21.1. The van der Waals surface area contributed by atoms with Crippen LogP contribution in [0.15, 0.2) is 71.8 Å². The van der Waals surface area contributed by atoms with E-state index in [1.165, 1.54) is 0 Å². The predicted octanol–water partition coefficient (Wildman–Crippen LogP) is 5.02. The Hall–Kier alpha value is -4.19. The van der Waals surface area contributed by atoms with E-state index in [4.69, 9.17) is 0 Å². The van der Waals surface area contributed by atoms with Crippen LogP contribution < -0.4 is 5.43 Å². The summed E-state index contributed by atoms with van der Waals surface area (Å²) in [6.07, 6.45) is 1.61. The lowest BCUT2D eigenvalue weighted by Crippen LogP contribution is -2.17. The van der Waals surface area contributed by atoms with Crippen molar-refractivity contribution in [3.05, 3.63) is 100 Å². The van der Waals surface area contributed by atoms with E-state index >= 15 is 0 Å². The summed E-state index contributed by atoms with van der Waals surface area (Å²) in [5.74, 6) is -1.25. The lowest BCUT2D eigenvalue weighted by Gasteiger charge is -2.13. The molecule has 0 atom stereocenters. The Morgan fingerprint density at radius 1 is 0.906 bits per heavy atom. The molecule has 0 fully saturated rings. The van der Waals surface area contributed by atoms with Crippen LogP contribution in [0.3, 0.4) is 0 Å². The molecule has 6 nitrogen and oxygen atoms in total. The van der Waals surface area contributed by atoms with Crippen molar-refractivity contribution in [2.45, 2.75) is 20.8 Å². The van der Waals surface area contributed by atoms with Crippen molar-refractivity contribution in [3.8, 4) is 5.69 Å². The van der Waals surface area contributed by atoms with E-state index in [0.29, 0.717) is 5.56 Å². The van der Waals surface area contributed by atoms with Crippen molar-refractivity contribution < 1.29 is 14.7 Å². The Morgan fingerprint density at radius 2 is 1.62 bits per heavy atom. The summed E-state index contributed by atoms with van der Waals surface area (Å²) >= 11 is 0. The van der Waals surface area contributed by atoms with Crippen LogP contribution in [0.5, 0.6) is 0 Å². The summed E-state index contributed by atoms with van der Waals surface area (Å²) in [4.78, 5) is 23.9. The molecule has 0 radical (unpaired) electrons. The summed E-state index contributed by atoms with van der Waals surface area (Å²) in [5, 5.41) is 15.5. The monoisotopic (exact) mass is 425 g/mol. The Morgan fingerprint density at radius 3 is 2.38 bits per heavy atom. The van der Waals surface area contributed by atoms with Crippen LogP contribution in [0, 0.1) is 20.8 Å². The third kappa shape index (κ3) is 4.03. The van der Waals surface area contributed by atoms with Crippen molar-refractivity contribution in [2.24, 2.45) is 5.10 Å². The van der Waals surface area contributed by atoms with E-state index in [1.807, 2.05) is 67.8 Å². The number of hydrazone groups is 1. The molecule has 6 heteroatoms. The number of carbonyl (C=O) groups excluding carboxylic acids is 1. The quantitative estimate of drug-likeness (QED) is 0.348. The molecule has 0 aliphatic carbocycles. The van der Waals surface area contributed by atoms with Gasteiger partial charge in [-0.15, -0.1) is 0 Å². The molecule has 0 spiro atoms. The molecule has 0 unspecified atom stereocenters. The number of carbonyl (C=O) groups is 2. The topological polar surface area (TPSA) is 83.7 Å². The van der Waals surface area contributed by atoms with E-state index in [9.17, 15) is 14.7 Å². The summed E-state index contributed by atoms with van der Waals surface area (Å²) in [6.45, 7) is 5.83. The first-order valence-electron chi connectivity index (χ1n) is 10.2. The average Bonchev–Trinajstić information content (AvgIpc) is 3.06. The number of aromatic carboxylic acids is 1. The predicted molar refractivity (Wildman–Crippen MR) is 126 cm³/mol. The fourth-order valence-corrected chi connectivity index (χ4v) is 3.83. The maximum absolute atomic E-state index is 12.5. The van der Waals surface area contributed by atoms with Gasteiger partial charge in [-0.2, -0.15) is 5.10 Å². The molecule has 1 aromatic heterocycles. The number of aromatic nitrogens is 1. The van der Waals surface area contributed by atoms with Gasteiger partial charge in [0, 0.05) is 28.2 Å². The number of nitrogens with zero attached hydrogens (tertiary/aromatic N) is 2. The number of hydrogen-bond donors (Lipinski definition) is 2. The van der Waals surface area contributed by atoms with Crippen molar-refractivity contribution in [1.82, 2.24) is 9.99 Å². The van der Waals surface area contributed by atoms with Gasteiger partial charge >= 0.3 is 5.97 Å². The number of benzene rings is 3. The Kier molecular flexibility index (Phi) is 5.60. The van der Waals surface area contributed by atoms with Crippen LogP contribution in [0.25, 0.3) is 16.5 Å². The first-order valence-corrected chi connectivity index (χ1v) is 10.2. The minimum atomic E-state index is -0.966. The second kappa shape index (κ2) is 8.51. The number of aryl methyl sites for hydroxylation is 2. The molecule has 0 bridgehead atoms. The second-order valence-corrected chi connectivity index (χ2v) is 7.73. The third-order valence-corrected chi connectivity index (χ3v) is 5.55. The first-order chi connectivity index (χ1) is 15.3. The number of rotatable bonds is 5. The number of carboxylic acid groups (broad SMARTS) is 1. The number of carboxylic acids is 1. The minimum absolute atomic E-state index is 0.232. The molecule has 160 valence electrons. The van der Waals surface area contributed by atoms with Gasteiger partial charge < -0.3 is 9.67 Å². The third-order valence-electron chi connectivity index (χ3n) is 5.55. The van der Waals surface area contributed by atoms with E-state index in [1.54, 1.807) is 30.5 Å². The van der Waals surface area contributed by atoms with Crippen LogP contribution in [0.1, 0.15) is 43.2 Å². The maximum atomic E-state index is 12.5. The molecule has 0 saturated heterocycles. The largest absolute Gasteiger partial charge is 0.478 e. The highest BCUT2D eigenvalue weighted by Crippen LogP contribution is 2.24. The highest BCUT2D eigenvalue weighted by molar-refractivity contribution is 5.99. The molecule has 0 aliphatic heterocycles. The molecule has 0 saturated carbocycles. The number of nitrogens with one attached hydrogen (secondary N) is 1. The maximum Gasteiger partial charge on any atom is 0.335 e. The van der Waals surface area contributed by atoms with E-state index in [2.05, 4.69) is 10.5 Å².